The van der Waals surface area contributed by atoms with Crippen molar-refractivity contribution < 1.29 is 4.52 Å². The first-order valence-corrected chi connectivity index (χ1v) is 5.99. The fourth-order valence-electron chi connectivity index (χ4n) is 1.60. The summed E-state index contributed by atoms with van der Waals surface area (Å²) >= 11 is 1.79. The molecule has 2 rings (SSSR count). The van der Waals surface area contributed by atoms with E-state index in [1.165, 1.54) is 6.42 Å². The van der Waals surface area contributed by atoms with Crippen molar-refractivity contribution in [2.24, 2.45) is 4.99 Å². The third kappa shape index (κ3) is 2.99. The van der Waals surface area contributed by atoms with Gasteiger partial charge >= 0.3 is 0 Å². The molecule has 4 nitrogen and oxygen atoms in total. The van der Waals surface area contributed by atoms with Crippen molar-refractivity contribution in [1.82, 2.24) is 10.5 Å². The maximum Gasteiger partial charge on any atom is 0.158 e. The molecule has 1 aromatic rings. The standard InChI is InChI=1S/C10H15N3OS/c1-7-5-8(2)15-10(13-7)11-6-9-3-4-12-14-9/h3-4,7-8H,5-6H2,1-2H3,(H,11,13). The van der Waals surface area contributed by atoms with Gasteiger partial charge in [0.05, 0.1) is 6.20 Å². The average molecular weight is 225 g/mol. The van der Waals surface area contributed by atoms with Gasteiger partial charge in [0.25, 0.3) is 0 Å². The Morgan fingerprint density at radius 1 is 1.67 bits per heavy atom. The highest BCUT2D eigenvalue weighted by Gasteiger charge is 2.19. The summed E-state index contributed by atoms with van der Waals surface area (Å²) in [5, 5.41) is 8.65. The lowest BCUT2D eigenvalue weighted by atomic mass is 10.2. The Morgan fingerprint density at radius 3 is 3.20 bits per heavy atom. The summed E-state index contributed by atoms with van der Waals surface area (Å²) in [6, 6.07) is 2.35. The van der Waals surface area contributed by atoms with Crippen molar-refractivity contribution in [2.75, 3.05) is 0 Å². The number of aliphatic imine (C=N–C) groups is 1. The van der Waals surface area contributed by atoms with Crippen molar-refractivity contribution in [2.45, 2.75) is 38.1 Å². The van der Waals surface area contributed by atoms with Crippen LogP contribution < -0.4 is 5.32 Å². The summed E-state index contributed by atoms with van der Waals surface area (Å²) < 4.78 is 4.98. The van der Waals surface area contributed by atoms with E-state index in [1.54, 1.807) is 18.0 Å². The van der Waals surface area contributed by atoms with Crippen LogP contribution >= 0.6 is 11.8 Å². The van der Waals surface area contributed by atoms with Crippen LogP contribution in [-0.2, 0) is 6.54 Å². The van der Waals surface area contributed by atoms with Crippen molar-refractivity contribution in [1.29, 1.82) is 0 Å². The first kappa shape index (κ1) is 10.5. The molecule has 0 bridgehead atoms. The van der Waals surface area contributed by atoms with Crippen LogP contribution in [0.1, 0.15) is 26.0 Å². The van der Waals surface area contributed by atoms with E-state index in [0.29, 0.717) is 17.8 Å². The van der Waals surface area contributed by atoms with Gasteiger partial charge in [-0.3, -0.25) is 4.99 Å². The van der Waals surface area contributed by atoms with E-state index in [2.05, 4.69) is 29.3 Å². The number of nitrogens with one attached hydrogen (secondary N) is 1. The second kappa shape index (κ2) is 4.70. The third-order valence-corrected chi connectivity index (χ3v) is 3.30. The fraction of sp³-hybridized carbons (Fsp3) is 0.600. The van der Waals surface area contributed by atoms with Crippen molar-refractivity contribution >= 4 is 16.9 Å². The first-order chi connectivity index (χ1) is 7.24. The quantitative estimate of drug-likeness (QED) is 0.836. The minimum Gasteiger partial charge on any atom is -0.362 e. The van der Waals surface area contributed by atoms with Crippen LogP contribution in [0.15, 0.2) is 21.8 Å². The van der Waals surface area contributed by atoms with Crippen molar-refractivity contribution in [3.8, 4) is 0 Å². The zero-order valence-electron chi connectivity index (χ0n) is 8.93. The second-order valence-electron chi connectivity index (χ2n) is 3.81. The Labute approximate surface area is 93.5 Å². The summed E-state index contributed by atoms with van der Waals surface area (Å²) in [5.74, 6) is 0.802. The molecule has 5 heteroatoms. The van der Waals surface area contributed by atoms with Gasteiger partial charge in [-0.1, -0.05) is 23.8 Å². The molecular formula is C10H15N3OS. The predicted molar refractivity (Wildman–Crippen MR) is 61.9 cm³/mol. The normalized spacial score (nSPS) is 29.1. The van der Waals surface area contributed by atoms with Crippen LogP contribution in [0, 0.1) is 0 Å². The number of nitrogens with zero attached hydrogens (tertiary/aromatic N) is 2. The van der Waals surface area contributed by atoms with E-state index in [4.69, 9.17) is 4.52 Å². The molecular weight excluding hydrogens is 210 g/mol. The summed E-state index contributed by atoms with van der Waals surface area (Å²) in [6.07, 6.45) is 2.83. The molecule has 15 heavy (non-hydrogen) atoms. The van der Waals surface area contributed by atoms with E-state index in [-0.39, 0.29) is 0 Å². The number of hydrogen-bond donors (Lipinski definition) is 1. The largest absolute Gasteiger partial charge is 0.362 e. The highest BCUT2D eigenvalue weighted by Crippen LogP contribution is 2.22. The summed E-state index contributed by atoms with van der Waals surface area (Å²) in [5.41, 5.74) is 0. The van der Waals surface area contributed by atoms with Gasteiger partial charge < -0.3 is 9.84 Å². The zero-order chi connectivity index (χ0) is 10.7. The molecule has 0 aromatic carbocycles. The van der Waals surface area contributed by atoms with Crippen LogP contribution in [0.4, 0.5) is 0 Å². The number of aromatic nitrogens is 1. The van der Waals surface area contributed by atoms with E-state index in [9.17, 15) is 0 Å². The molecule has 0 spiro atoms. The van der Waals surface area contributed by atoms with Crippen LogP contribution in [-0.4, -0.2) is 21.6 Å². The van der Waals surface area contributed by atoms with Crippen molar-refractivity contribution in [3.63, 3.8) is 0 Å². The molecule has 2 unspecified atom stereocenters. The fourth-order valence-corrected chi connectivity index (χ4v) is 2.77. The summed E-state index contributed by atoms with van der Waals surface area (Å²) in [6.45, 7) is 4.97. The van der Waals surface area contributed by atoms with Crippen LogP contribution in [0.5, 0.6) is 0 Å². The van der Waals surface area contributed by atoms with Gasteiger partial charge in [-0.15, -0.1) is 0 Å². The average Bonchev–Trinajstić information content (AvgIpc) is 2.65. The van der Waals surface area contributed by atoms with E-state index < -0.39 is 0 Å². The Balaban J connectivity index is 1.94. The maximum atomic E-state index is 4.98. The van der Waals surface area contributed by atoms with Gasteiger partial charge in [0.1, 0.15) is 6.54 Å². The molecule has 1 N–H and O–H groups in total. The van der Waals surface area contributed by atoms with E-state index >= 15 is 0 Å². The summed E-state index contributed by atoms with van der Waals surface area (Å²) in [7, 11) is 0. The minimum absolute atomic E-state index is 0.509. The highest BCUT2D eigenvalue weighted by molar-refractivity contribution is 8.14. The lowest BCUT2D eigenvalue weighted by Crippen LogP contribution is -2.38. The number of thioether (sulfide) groups is 1. The molecule has 0 saturated carbocycles. The molecule has 1 saturated heterocycles. The van der Waals surface area contributed by atoms with Crippen LogP contribution in [0.2, 0.25) is 0 Å². The Bertz CT molecular complexity index is 324. The van der Waals surface area contributed by atoms with Gasteiger partial charge in [0.15, 0.2) is 10.9 Å². The molecule has 0 radical (unpaired) electrons. The van der Waals surface area contributed by atoms with Gasteiger partial charge in [-0.2, -0.15) is 0 Å². The number of amidine groups is 1. The molecule has 2 heterocycles. The monoisotopic (exact) mass is 225 g/mol. The maximum absolute atomic E-state index is 4.98. The Kier molecular flexibility index (Phi) is 3.30. The molecule has 0 amide bonds. The van der Waals surface area contributed by atoms with E-state index in [0.717, 1.165) is 10.9 Å². The zero-order valence-corrected chi connectivity index (χ0v) is 9.75. The second-order valence-corrected chi connectivity index (χ2v) is 5.24. The van der Waals surface area contributed by atoms with Crippen LogP contribution in [0.25, 0.3) is 0 Å². The lowest BCUT2D eigenvalue weighted by molar-refractivity contribution is 0.385. The Hall–Kier alpha value is -0.970. The van der Waals surface area contributed by atoms with Gasteiger partial charge in [-0.25, -0.2) is 0 Å². The molecule has 1 aromatic heterocycles. The van der Waals surface area contributed by atoms with Gasteiger partial charge in [0.2, 0.25) is 0 Å². The Morgan fingerprint density at radius 2 is 2.53 bits per heavy atom. The molecule has 2 atom stereocenters. The molecule has 0 aliphatic carbocycles. The molecule has 1 aliphatic heterocycles. The smallest absolute Gasteiger partial charge is 0.158 e. The molecule has 1 fully saturated rings. The van der Waals surface area contributed by atoms with E-state index in [1.807, 2.05) is 6.07 Å². The first-order valence-electron chi connectivity index (χ1n) is 5.11. The van der Waals surface area contributed by atoms with Gasteiger partial charge in [-0.05, 0) is 13.3 Å². The molecule has 82 valence electrons. The number of hydrogen-bond acceptors (Lipinski definition) is 4. The highest BCUT2D eigenvalue weighted by atomic mass is 32.2. The van der Waals surface area contributed by atoms with Crippen LogP contribution in [0.3, 0.4) is 0 Å². The minimum atomic E-state index is 0.509. The molecule has 1 aliphatic rings. The summed E-state index contributed by atoms with van der Waals surface area (Å²) in [4.78, 5) is 4.46. The number of rotatable bonds is 2. The third-order valence-electron chi connectivity index (χ3n) is 2.24. The lowest BCUT2D eigenvalue weighted by Gasteiger charge is -2.26. The van der Waals surface area contributed by atoms with Crippen molar-refractivity contribution in [3.05, 3.63) is 18.0 Å². The topological polar surface area (TPSA) is 50.4 Å². The SMILES string of the molecule is CC1CC(C)SC(=NCc2ccno2)N1. The van der Waals surface area contributed by atoms with Gasteiger partial charge in [0, 0.05) is 17.4 Å². The predicted octanol–water partition coefficient (Wildman–Crippen LogP) is 2.03.